The minimum absolute atomic E-state index is 0.0169. The number of nitrogens with zero attached hydrogens (tertiary/aromatic N) is 1. The molecule has 0 radical (unpaired) electrons. The van der Waals surface area contributed by atoms with Crippen molar-refractivity contribution in [3.8, 4) is 11.5 Å². The molecule has 0 aliphatic carbocycles. The SMILES string of the molecule is CCNC(=O)CN(C)C(C)c1cc(O)cc(O)c1. The first kappa shape index (κ1) is 14.3. The van der Waals surface area contributed by atoms with Crippen molar-refractivity contribution in [1.29, 1.82) is 0 Å². The topological polar surface area (TPSA) is 72.8 Å². The lowest BCUT2D eigenvalue weighted by molar-refractivity contribution is -0.122. The first-order chi connectivity index (χ1) is 8.43. The van der Waals surface area contributed by atoms with Crippen molar-refractivity contribution >= 4 is 5.91 Å². The number of amides is 1. The van der Waals surface area contributed by atoms with Crippen molar-refractivity contribution in [2.45, 2.75) is 19.9 Å². The van der Waals surface area contributed by atoms with E-state index in [1.54, 1.807) is 12.1 Å². The molecular weight excluding hydrogens is 232 g/mol. The highest BCUT2D eigenvalue weighted by Gasteiger charge is 2.15. The molecule has 0 aliphatic rings. The standard InChI is InChI=1S/C13H20N2O3/c1-4-14-13(18)8-15(3)9(2)10-5-11(16)7-12(17)6-10/h5-7,9,16-17H,4,8H2,1-3H3,(H,14,18). The van der Waals surface area contributed by atoms with Crippen LogP contribution in [0.3, 0.4) is 0 Å². The molecule has 18 heavy (non-hydrogen) atoms. The van der Waals surface area contributed by atoms with Crippen molar-refractivity contribution in [2.75, 3.05) is 20.1 Å². The summed E-state index contributed by atoms with van der Waals surface area (Å²) in [5, 5.41) is 21.6. The fourth-order valence-electron chi connectivity index (χ4n) is 1.73. The van der Waals surface area contributed by atoms with Crippen LogP contribution in [0.1, 0.15) is 25.5 Å². The van der Waals surface area contributed by atoms with Crippen LogP contribution in [0.15, 0.2) is 18.2 Å². The summed E-state index contributed by atoms with van der Waals surface area (Å²) < 4.78 is 0. The van der Waals surface area contributed by atoms with Crippen molar-refractivity contribution in [3.05, 3.63) is 23.8 Å². The Morgan fingerprint density at radius 3 is 2.39 bits per heavy atom. The molecule has 0 fully saturated rings. The van der Waals surface area contributed by atoms with Gasteiger partial charge in [-0.15, -0.1) is 0 Å². The summed E-state index contributed by atoms with van der Waals surface area (Å²) >= 11 is 0. The number of hydrogen-bond donors (Lipinski definition) is 3. The smallest absolute Gasteiger partial charge is 0.234 e. The first-order valence-electron chi connectivity index (χ1n) is 5.94. The van der Waals surface area contributed by atoms with E-state index in [1.165, 1.54) is 6.07 Å². The highest BCUT2D eigenvalue weighted by Crippen LogP contribution is 2.27. The molecule has 0 saturated heterocycles. The zero-order chi connectivity index (χ0) is 13.7. The summed E-state index contributed by atoms with van der Waals surface area (Å²) in [6.07, 6.45) is 0. The summed E-state index contributed by atoms with van der Waals surface area (Å²) in [7, 11) is 1.82. The molecule has 1 rings (SSSR count). The Bertz CT molecular complexity index is 400. The third kappa shape index (κ3) is 3.92. The zero-order valence-corrected chi connectivity index (χ0v) is 11.0. The number of rotatable bonds is 5. The predicted octanol–water partition coefficient (Wildman–Crippen LogP) is 1.23. The van der Waals surface area contributed by atoms with Crippen LogP contribution in [0, 0.1) is 0 Å². The second-order valence-electron chi connectivity index (χ2n) is 4.33. The molecule has 0 saturated carbocycles. The minimum Gasteiger partial charge on any atom is -0.508 e. The lowest BCUT2D eigenvalue weighted by Gasteiger charge is -2.24. The highest BCUT2D eigenvalue weighted by molar-refractivity contribution is 5.77. The van der Waals surface area contributed by atoms with Gasteiger partial charge in [0.25, 0.3) is 0 Å². The van der Waals surface area contributed by atoms with Gasteiger partial charge < -0.3 is 15.5 Å². The van der Waals surface area contributed by atoms with E-state index >= 15 is 0 Å². The average Bonchev–Trinajstić information content (AvgIpc) is 2.26. The number of phenolic OH excluding ortho intramolecular Hbond substituents is 2. The number of phenols is 2. The number of aromatic hydroxyl groups is 2. The van der Waals surface area contributed by atoms with Crippen LogP contribution in [0.2, 0.25) is 0 Å². The summed E-state index contributed by atoms with van der Waals surface area (Å²) in [6, 6.07) is 4.36. The maximum absolute atomic E-state index is 11.5. The van der Waals surface area contributed by atoms with E-state index in [0.29, 0.717) is 6.54 Å². The van der Waals surface area contributed by atoms with Gasteiger partial charge in [0.1, 0.15) is 11.5 Å². The van der Waals surface area contributed by atoms with Gasteiger partial charge in [0, 0.05) is 18.7 Å². The van der Waals surface area contributed by atoms with Crippen molar-refractivity contribution in [3.63, 3.8) is 0 Å². The first-order valence-corrected chi connectivity index (χ1v) is 5.94. The van der Waals surface area contributed by atoms with Gasteiger partial charge in [-0.3, -0.25) is 9.69 Å². The van der Waals surface area contributed by atoms with Crippen LogP contribution < -0.4 is 5.32 Å². The van der Waals surface area contributed by atoms with Crippen LogP contribution in [-0.2, 0) is 4.79 Å². The predicted molar refractivity (Wildman–Crippen MR) is 69.5 cm³/mol. The van der Waals surface area contributed by atoms with Gasteiger partial charge >= 0.3 is 0 Å². The molecule has 1 aromatic carbocycles. The lowest BCUT2D eigenvalue weighted by Crippen LogP contribution is -2.36. The number of carbonyl (C=O) groups excluding carboxylic acids is 1. The Hall–Kier alpha value is -1.75. The van der Waals surface area contributed by atoms with Crippen LogP contribution in [0.25, 0.3) is 0 Å². The Morgan fingerprint density at radius 1 is 1.33 bits per heavy atom. The number of carbonyl (C=O) groups is 1. The minimum atomic E-state index is -0.0781. The molecule has 1 aromatic rings. The van der Waals surface area contributed by atoms with E-state index in [1.807, 2.05) is 25.8 Å². The number of nitrogens with one attached hydrogen (secondary N) is 1. The fraction of sp³-hybridized carbons (Fsp3) is 0.462. The number of hydrogen-bond acceptors (Lipinski definition) is 4. The molecule has 0 heterocycles. The van der Waals surface area contributed by atoms with Crippen LogP contribution >= 0.6 is 0 Å². The molecule has 5 heteroatoms. The Labute approximate surface area is 107 Å². The lowest BCUT2D eigenvalue weighted by atomic mass is 10.1. The largest absolute Gasteiger partial charge is 0.508 e. The second-order valence-corrected chi connectivity index (χ2v) is 4.33. The van der Waals surface area contributed by atoms with Gasteiger partial charge in [0.15, 0.2) is 0 Å². The molecule has 0 aliphatic heterocycles. The molecule has 0 bridgehead atoms. The number of likely N-dealkylation sites (N-methyl/N-ethyl adjacent to an activating group) is 2. The monoisotopic (exact) mass is 252 g/mol. The Kier molecular flexibility index (Phi) is 4.97. The fourth-order valence-corrected chi connectivity index (χ4v) is 1.73. The van der Waals surface area contributed by atoms with E-state index in [9.17, 15) is 15.0 Å². The van der Waals surface area contributed by atoms with E-state index in [4.69, 9.17) is 0 Å². The highest BCUT2D eigenvalue weighted by atomic mass is 16.3. The molecule has 1 atom stereocenters. The van der Waals surface area contributed by atoms with Gasteiger partial charge in [0.2, 0.25) is 5.91 Å². The van der Waals surface area contributed by atoms with E-state index in [-0.39, 0.29) is 30.0 Å². The quantitative estimate of drug-likeness (QED) is 0.737. The second kappa shape index (κ2) is 6.26. The normalized spacial score (nSPS) is 12.4. The molecule has 0 aromatic heterocycles. The average molecular weight is 252 g/mol. The number of benzene rings is 1. The summed E-state index contributed by atoms with van der Waals surface area (Å²) in [6.45, 7) is 4.65. The maximum atomic E-state index is 11.5. The molecule has 0 spiro atoms. The van der Waals surface area contributed by atoms with Crippen molar-refractivity contribution in [2.24, 2.45) is 0 Å². The van der Waals surface area contributed by atoms with E-state index < -0.39 is 0 Å². The zero-order valence-electron chi connectivity index (χ0n) is 11.0. The van der Waals surface area contributed by atoms with Gasteiger partial charge in [-0.2, -0.15) is 0 Å². The Morgan fingerprint density at radius 2 is 1.89 bits per heavy atom. The molecule has 1 amide bonds. The summed E-state index contributed by atoms with van der Waals surface area (Å²) in [5.74, 6) is -0.0113. The van der Waals surface area contributed by atoms with Crippen LogP contribution in [-0.4, -0.2) is 41.2 Å². The van der Waals surface area contributed by atoms with Crippen molar-refractivity contribution < 1.29 is 15.0 Å². The molecule has 5 nitrogen and oxygen atoms in total. The van der Waals surface area contributed by atoms with E-state index in [2.05, 4.69) is 5.32 Å². The molecule has 1 unspecified atom stereocenters. The van der Waals surface area contributed by atoms with Crippen molar-refractivity contribution in [1.82, 2.24) is 10.2 Å². The maximum Gasteiger partial charge on any atom is 0.234 e. The van der Waals surface area contributed by atoms with Gasteiger partial charge in [-0.05, 0) is 38.6 Å². The molecular formula is C13H20N2O3. The molecule has 100 valence electrons. The summed E-state index contributed by atoms with van der Waals surface area (Å²) in [4.78, 5) is 13.3. The van der Waals surface area contributed by atoms with Gasteiger partial charge in [-0.1, -0.05) is 0 Å². The van der Waals surface area contributed by atoms with Crippen LogP contribution in [0.5, 0.6) is 11.5 Å². The van der Waals surface area contributed by atoms with Gasteiger partial charge in [-0.25, -0.2) is 0 Å². The van der Waals surface area contributed by atoms with Crippen LogP contribution in [0.4, 0.5) is 0 Å². The molecule has 3 N–H and O–H groups in total. The third-order valence-corrected chi connectivity index (χ3v) is 2.84. The Balaban J connectivity index is 2.73. The third-order valence-electron chi connectivity index (χ3n) is 2.84. The summed E-state index contributed by atoms with van der Waals surface area (Å²) in [5.41, 5.74) is 0.763. The van der Waals surface area contributed by atoms with Gasteiger partial charge in [0.05, 0.1) is 6.54 Å². The van der Waals surface area contributed by atoms with E-state index in [0.717, 1.165) is 5.56 Å².